The lowest BCUT2D eigenvalue weighted by Gasteiger charge is -2.13. The molecule has 0 aliphatic rings. The van der Waals surface area contributed by atoms with Crippen molar-refractivity contribution in [3.05, 3.63) is 99.5 Å². The highest BCUT2D eigenvalue weighted by molar-refractivity contribution is 9.10. The number of halogens is 4. The smallest absolute Gasteiger partial charge is 0.348 e. The van der Waals surface area contributed by atoms with Gasteiger partial charge in [-0.25, -0.2) is 0 Å². The van der Waals surface area contributed by atoms with E-state index in [0.29, 0.717) is 0 Å². The van der Waals surface area contributed by atoms with Crippen molar-refractivity contribution in [2.45, 2.75) is 12.7 Å². The first-order chi connectivity index (χ1) is 14.3. The minimum atomic E-state index is -4.65. The van der Waals surface area contributed by atoms with E-state index in [1.54, 1.807) is 12.1 Å². The van der Waals surface area contributed by atoms with Crippen molar-refractivity contribution < 1.29 is 22.8 Å². The van der Waals surface area contributed by atoms with E-state index in [2.05, 4.69) is 26.6 Å². The molecule has 0 heterocycles. The number of amides is 2. The topological polar surface area (TPSA) is 58.2 Å². The quantitative estimate of drug-likeness (QED) is 0.499. The van der Waals surface area contributed by atoms with Gasteiger partial charge in [-0.3, -0.25) is 9.59 Å². The predicted octanol–water partition coefficient (Wildman–Crippen LogP) is 5.65. The molecule has 3 aromatic rings. The Labute approximate surface area is 179 Å². The lowest BCUT2D eigenvalue weighted by atomic mass is 10.1. The van der Waals surface area contributed by atoms with Crippen LogP contribution in [-0.2, 0) is 12.7 Å². The van der Waals surface area contributed by atoms with E-state index >= 15 is 0 Å². The average molecular weight is 477 g/mol. The van der Waals surface area contributed by atoms with Gasteiger partial charge >= 0.3 is 6.18 Å². The Hall–Kier alpha value is -3.13. The third-order valence-corrected chi connectivity index (χ3v) is 5.03. The van der Waals surface area contributed by atoms with Crippen molar-refractivity contribution in [2.75, 3.05) is 5.32 Å². The molecule has 0 saturated carbocycles. The molecule has 0 spiro atoms. The fourth-order valence-electron chi connectivity index (χ4n) is 2.78. The second kappa shape index (κ2) is 9.13. The van der Waals surface area contributed by atoms with Crippen LogP contribution < -0.4 is 10.6 Å². The van der Waals surface area contributed by atoms with Gasteiger partial charge in [0.05, 0.1) is 11.1 Å². The Morgan fingerprint density at radius 1 is 0.867 bits per heavy atom. The number of nitrogens with one attached hydrogen (secondary N) is 2. The number of carbonyl (C=O) groups excluding carboxylic acids is 2. The Morgan fingerprint density at radius 2 is 1.57 bits per heavy atom. The summed E-state index contributed by atoms with van der Waals surface area (Å²) in [4.78, 5) is 24.8. The van der Waals surface area contributed by atoms with Gasteiger partial charge in [0, 0.05) is 22.3 Å². The first-order valence-electron chi connectivity index (χ1n) is 8.85. The van der Waals surface area contributed by atoms with E-state index in [-0.39, 0.29) is 23.7 Å². The molecule has 0 aliphatic carbocycles. The normalized spacial score (nSPS) is 11.1. The maximum Gasteiger partial charge on any atom is 0.417 e. The van der Waals surface area contributed by atoms with Gasteiger partial charge in [0.25, 0.3) is 11.8 Å². The standard InChI is InChI=1S/C22H16BrF3N2O2/c23-19-11-4-1-6-15(19)13-27-20(29)14-7-5-8-16(12-14)28-21(30)17-9-2-3-10-18(17)22(24,25)26/h1-12H,13H2,(H,27,29)(H,28,30). The van der Waals surface area contributed by atoms with Crippen LogP contribution in [0, 0.1) is 0 Å². The van der Waals surface area contributed by atoms with Gasteiger partial charge in [-0.15, -0.1) is 0 Å². The third kappa shape index (κ3) is 5.27. The number of rotatable bonds is 5. The highest BCUT2D eigenvalue weighted by Gasteiger charge is 2.34. The Morgan fingerprint density at radius 3 is 2.30 bits per heavy atom. The van der Waals surface area contributed by atoms with Gasteiger partial charge in [0.15, 0.2) is 0 Å². The zero-order chi connectivity index (χ0) is 21.7. The molecule has 0 radical (unpaired) electrons. The van der Waals surface area contributed by atoms with Gasteiger partial charge in [-0.05, 0) is 42.0 Å². The van der Waals surface area contributed by atoms with Crippen LogP contribution >= 0.6 is 15.9 Å². The van der Waals surface area contributed by atoms with Crippen molar-refractivity contribution in [3.63, 3.8) is 0 Å². The number of carbonyl (C=O) groups is 2. The van der Waals surface area contributed by atoms with E-state index in [1.165, 1.54) is 24.3 Å². The van der Waals surface area contributed by atoms with Crippen molar-refractivity contribution in [2.24, 2.45) is 0 Å². The summed E-state index contributed by atoms with van der Waals surface area (Å²) in [6.07, 6.45) is -4.65. The summed E-state index contributed by atoms with van der Waals surface area (Å²) >= 11 is 3.40. The SMILES string of the molecule is O=C(NCc1ccccc1Br)c1cccc(NC(=O)c2ccccc2C(F)(F)F)c1. The fraction of sp³-hybridized carbons (Fsp3) is 0.0909. The summed E-state index contributed by atoms with van der Waals surface area (Å²) in [7, 11) is 0. The highest BCUT2D eigenvalue weighted by atomic mass is 79.9. The van der Waals surface area contributed by atoms with E-state index in [1.807, 2.05) is 24.3 Å². The van der Waals surface area contributed by atoms with Crippen LogP contribution in [0.25, 0.3) is 0 Å². The molecule has 4 nitrogen and oxygen atoms in total. The average Bonchev–Trinajstić information content (AvgIpc) is 2.72. The van der Waals surface area contributed by atoms with Crippen LogP contribution in [0.4, 0.5) is 18.9 Å². The van der Waals surface area contributed by atoms with Crippen LogP contribution in [0.15, 0.2) is 77.3 Å². The van der Waals surface area contributed by atoms with Crippen LogP contribution in [0.1, 0.15) is 31.8 Å². The molecule has 8 heteroatoms. The molecule has 0 aromatic heterocycles. The van der Waals surface area contributed by atoms with Crippen LogP contribution in [0.2, 0.25) is 0 Å². The molecule has 0 aliphatic heterocycles. The maximum absolute atomic E-state index is 13.1. The van der Waals surface area contributed by atoms with E-state index in [4.69, 9.17) is 0 Å². The molecular weight excluding hydrogens is 461 g/mol. The monoisotopic (exact) mass is 476 g/mol. The summed E-state index contributed by atoms with van der Waals surface area (Å²) in [5, 5.41) is 5.19. The van der Waals surface area contributed by atoms with E-state index in [9.17, 15) is 22.8 Å². The van der Waals surface area contributed by atoms with Crippen LogP contribution in [0.5, 0.6) is 0 Å². The third-order valence-electron chi connectivity index (χ3n) is 4.26. The van der Waals surface area contributed by atoms with Crippen molar-refractivity contribution in [1.29, 1.82) is 0 Å². The van der Waals surface area contributed by atoms with Gasteiger partial charge in [-0.2, -0.15) is 13.2 Å². The molecular formula is C22H16BrF3N2O2. The molecule has 0 atom stereocenters. The second-order valence-electron chi connectivity index (χ2n) is 6.35. The molecule has 2 N–H and O–H groups in total. The highest BCUT2D eigenvalue weighted by Crippen LogP contribution is 2.32. The number of hydrogen-bond donors (Lipinski definition) is 2. The van der Waals surface area contributed by atoms with Crippen LogP contribution in [0.3, 0.4) is 0 Å². The second-order valence-corrected chi connectivity index (χ2v) is 7.21. The molecule has 2 amide bonds. The van der Waals surface area contributed by atoms with Gasteiger partial charge in [0.2, 0.25) is 0 Å². The largest absolute Gasteiger partial charge is 0.417 e. The number of anilines is 1. The first kappa shape index (κ1) is 21.6. The Kier molecular flexibility index (Phi) is 6.56. The summed E-state index contributed by atoms with van der Waals surface area (Å²) in [6, 6.07) is 17.9. The molecule has 154 valence electrons. The Bertz CT molecular complexity index is 1080. The molecule has 0 unspecified atom stereocenters. The van der Waals surface area contributed by atoms with Crippen LogP contribution in [-0.4, -0.2) is 11.8 Å². The summed E-state index contributed by atoms with van der Waals surface area (Å²) < 4.78 is 40.3. The molecule has 3 aromatic carbocycles. The molecule has 0 bridgehead atoms. The van der Waals surface area contributed by atoms with E-state index < -0.39 is 23.2 Å². The van der Waals surface area contributed by atoms with Gasteiger partial charge < -0.3 is 10.6 Å². The van der Waals surface area contributed by atoms with Crippen molar-refractivity contribution >= 4 is 33.4 Å². The van der Waals surface area contributed by atoms with Gasteiger partial charge in [0.1, 0.15) is 0 Å². The summed E-state index contributed by atoms with van der Waals surface area (Å²) in [5.74, 6) is -1.29. The number of benzene rings is 3. The lowest BCUT2D eigenvalue weighted by molar-refractivity contribution is -0.137. The lowest BCUT2D eigenvalue weighted by Crippen LogP contribution is -2.23. The fourth-order valence-corrected chi connectivity index (χ4v) is 3.21. The first-order valence-corrected chi connectivity index (χ1v) is 9.64. The minimum Gasteiger partial charge on any atom is -0.348 e. The zero-order valence-electron chi connectivity index (χ0n) is 15.5. The van der Waals surface area contributed by atoms with E-state index in [0.717, 1.165) is 22.2 Å². The molecule has 0 fully saturated rings. The number of hydrogen-bond acceptors (Lipinski definition) is 2. The summed E-state index contributed by atoms with van der Waals surface area (Å²) in [6.45, 7) is 0.288. The van der Waals surface area contributed by atoms with Crippen molar-refractivity contribution in [3.8, 4) is 0 Å². The summed E-state index contributed by atoms with van der Waals surface area (Å²) in [5.41, 5.74) is -0.146. The van der Waals surface area contributed by atoms with Gasteiger partial charge in [-0.1, -0.05) is 52.3 Å². The molecule has 0 saturated heterocycles. The molecule has 3 rings (SSSR count). The Balaban J connectivity index is 1.72. The van der Waals surface area contributed by atoms with Crippen molar-refractivity contribution in [1.82, 2.24) is 5.32 Å². The molecule has 30 heavy (non-hydrogen) atoms. The number of alkyl halides is 3. The maximum atomic E-state index is 13.1. The minimum absolute atomic E-state index is 0.213. The zero-order valence-corrected chi connectivity index (χ0v) is 17.0. The predicted molar refractivity (Wildman–Crippen MR) is 111 cm³/mol.